The van der Waals surface area contributed by atoms with E-state index in [0.717, 1.165) is 37.7 Å². The molecule has 3 unspecified atom stereocenters. The first-order valence-corrected chi connectivity index (χ1v) is 11.5. The normalized spacial score (nSPS) is 24.7. The molecule has 2 aliphatic rings. The molecule has 1 aromatic carbocycles. The number of hydrogen-bond acceptors (Lipinski definition) is 5. The molecular formula is C24H34N2O5. The smallest absolute Gasteiger partial charge is 0.323 e. The minimum Gasteiger partial charge on any atom is -0.480 e. The largest absolute Gasteiger partial charge is 0.480 e. The van der Waals surface area contributed by atoms with Crippen LogP contribution in [-0.2, 0) is 25.5 Å². The third kappa shape index (κ3) is 6.29. The van der Waals surface area contributed by atoms with Gasteiger partial charge in [-0.2, -0.15) is 0 Å². The van der Waals surface area contributed by atoms with E-state index in [0.29, 0.717) is 25.2 Å². The maximum absolute atomic E-state index is 13.4. The van der Waals surface area contributed by atoms with Crippen LogP contribution in [0.3, 0.4) is 0 Å². The third-order valence-electron chi connectivity index (χ3n) is 6.52. The van der Waals surface area contributed by atoms with Crippen molar-refractivity contribution < 1.29 is 24.2 Å². The van der Waals surface area contributed by atoms with Gasteiger partial charge >= 0.3 is 11.9 Å². The highest BCUT2D eigenvalue weighted by atomic mass is 16.5. The Kier molecular flexibility index (Phi) is 8.46. The van der Waals surface area contributed by atoms with E-state index in [1.807, 2.05) is 30.3 Å². The van der Waals surface area contributed by atoms with Crippen LogP contribution in [0.1, 0.15) is 57.4 Å². The molecule has 170 valence electrons. The first kappa shape index (κ1) is 23.3. The number of carbonyl (C=O) groups is 3. The van der Waals surface area contributed by atoms with E-state index in [2.05, 4.69) is 5.32 Å². The van der Waals surface area contributed by atoms with Gasteiger partial charge in [0.05, 0.1) is 12.6 Å². The molecule has 1 amide bonds. The van der Waals surface area contributed by atoms with Gasteiger partial charge in [-0.05, 0) is 56.9 Å². The van der Waals surface area contributed by atoms with Gasteiger partial charge in [0.2, 0.25) is 5.91 Å². The summed E-state index contributed by atoms with van der Waals surface area (Å²) in [6, 6.07) is 8.69. The first-order valence-electron chi connectivity index (χ1n) is 11.5. The molecule has 1 aromatic rings. The van der Waals surface area contributed by atoms with Crippen LogP contribution in [0.4, 0.5) is 0 Å². The van der Waals surface area contributed by atoms with E-state index in [4.69, 9.17) is 4.74 Å². The molecule has 0 radical (unpaired) electrons. The van der Waals surface area contributed by atoms with E-state index in [1.54, 1.807) is 11.8 Å². The van der Waals surface area contributed by atoms with Crippen molar-refractivity contribution in [1.82, 2.24) is 10.2 Å². The van der Waals surface area contributed by atoms with Gasteiger partial charge in [0.15, 0.2) is 0 Å². The lowest BCUT2D eigenvalue weighted by atomic mass is 9.81. The number of hydrogen-bond donors (Lipinski definition) is 2. The predicted octanol–water partition coefficient (Wildman–Crippen LogP) is 2.77. The number of aryl methyl sites for hydroxylation is 1. The van der Waals surface area contributed by atoms with Crippen LogP contribution in [0.2, 0.25) is 0 Å². The Morgan fingerprint density at radius 1 is 1.16 bits per heavy atom. The number of benzene rings is 1. The highest BCUT2D eigenvalue weighted by Crippen LogP contribution is 2.35. The average Bonchev–Trinajstić information content (AvgIpc) is 2.89. The fraction of sp³-hybridized carbons (Fsp3) is 0.625. The monoisotopic (exact) mass is 430 g/mol. The Balaban J connectivity index is 1.75. The molecule has 3 rings (SSSR count). The molecule has 0 bridgehead atoms. The summed E-state index contributed by atoms with van der Waals surface area (Å²) < 4.78 is 5.27. The molecule has 31 heavy (non-hydrogen) atoms. The van der Waals surface area contributed by atoms with Crippen LogP contribution in [0, 0.1) is 5.92 Å². The molecule has 4 atom stereocenters. The summed E-state index contributed by atoms with van der Waals surface area (Å²) in [5, 5.41) is 12.7. The predicted molar refractivity (Wildman–Crippen MR) is 116 cm³/mol. The zero-order valence-corrected chi connectivity index (χ0v) is 18.3. The summed E-state index contributed by atoms with van der Waals surface area (Å²) in [5.41, 5.74) is 1.12. The number of fused-ring (bicyclic) bond motifs is 1. The number of amides is 1. The Labute approximate surface area is 184 Å². The number of carboxylic acid groups (broad SMARTS) is 1. The molecule has 1 aliphatic carbocycles. The number of aliphatic carboxylic acids is 1. The van der Waals surface area contributed by atoms with Gasteiger partial charge in [-0.1, -0.05) is 43.2 Å². The van der Waals surface area contributed by atoms with Gasteiger partial charge in [-0.15, -0.1) is 0 Å². The van der Waals surface area contributed by atoms with Crippen LogP contribution in [0.5, 0.6) is 0 Å². The van der Waals surface area contributed by atoms with E-state index in [9.17, 15) is 19.5 Å². The lowest BCUT2D eigenvalue weighted by Crippen LogP contribution is -2.55. The van der Waals surface area contributed by atoms with Crippen molar-refractivity contribution in [2.24, 2.45) is 5.92 Å². The molecule has 7 nitrogen and oxygen atoms in total. The fourth-order valence-electron chi connectivity index (χ4n) is 5.01. The topological polar surface area (TPSA) is 95.9 Å². The molecule has 1 heterocycles. The van der Waals surface area contributed by atoms with Gasteiger partial charge in [0, 0.05) is 6.04 Å². The zero-order valence-electron chi connectivity index (χ0n) is 18.3. The molecular weight excluding hydrogens is 396 g/mol. The summed E-state index contributed by atoms with van der Waals surface area (Å²) >= 11 is 0. The molecule has 7 heteroatoms. The maximum atomic E-state index is 13.4. The second-order valence-corrected chi connectivity index (χ2v) is 8.60. The number of likely N-dealkylation sites (tertiary alicyclic amines) is 1. The van der Waals surface area contributed by atoms with Crippen LogP contribution in [0.25, 0.3) is 0 Å². The van der Waals surface area contributed by atoms with Gasteiger partial charge in [-0.3, -0.25) is 19.7 Å². The number of nitrogens with one attached hydrogen (secondary N) is 1. The van der Waals surface area contributed by atoms with Gasteiger partial charge in [0.25, 0.3) is 0 Å². The Morgan fingerprint density at radius 2 is 1.90 bits per heavy atom. The van der Waals surface area contributed by atoms with Crippen molar-refractivity contribution in [2.45, 2.75) is 76.4 Å². The molecule has 1 saturated heterocycles. The summed E-state index contributed by atoms with van der Waals surface area (Å²) in [6.45, 7) is 1.75. The summed E-state index contributed by atoms with van der Waals surface area (Å²) in [5.74, 6) is -1.23. The van der Waals surface area contributed by atoms with Crippen molar-refractivity contribution in [3.05, 3.63) is 35.9 Å². The number of carbonyl (C=O) groups excluding carboxylic acids is 2. The zero-order chi connectivity index (χ0) is 22.2. The second kappa shape index (κ2) is 11.3. The van der Waals surface area contributed by atoms with Crippen molar-refractivity contribution >= 4 is 17.8 Å². The third-order valence-corrected chi connectivity index (χ3v) is 6.52. The molecule has 2 fully saturated rings. The minimum absolute atomic E-state index is 0.0190. The second-order valence-electron chi connectivity index (χ2n) is 8.60. The van der Waals surface area contributed by atoms with Crippen LogP contribution in [-0.4, -0.2) is 59.1 Å². The summed E-state index contributed by atoms with van der Waals surface area (Å²) in [7, 11) is 0. The summed E-state index contributed by atoms with van der Waals surface area (Å²) in [6.07, 6.45) is 6.68. The number of rotatable bonds is 9. The number of ether oxygens (including phenoxy) is 1. The van der Waals surface area contributed by atoms with E-state index >= 15 is 0 Å². The van der Waals surface area contributed by atoms with Crippen LogP contribution >= 0.6 is 0 Å². The Hall–Kier alpha value is -2.41. The molecule has 2 N–H and O–H groups in total. The fourth-order valence-corrected chi connectivity index (χ4v) is 5.01. The molecule has 1 saturated carbocycles. The molecule has 1 aliphatic heterocycles. The van der Waals surface area contributed by atoms with Gasteiger partial charge < -0.3 is 14.7 Å². The van der Waals surface area contributed by atoms with Crippen molar-refractivity contribution in [2.75, 3.05) is 13.2 Å². The van der Waals surface area contributed by atoms with Crippen molar-refractivity contribution in [3.63, 3.8) is 0 Å². The highest BCUT2D eigenvalue weighted by Gasteiger charge is 2.41. The van der Waals surface area contributed by atoms with Gasteiger partial charge in [0.1, 0.15) is 12.6 Å². The van der Waals surface area contributed by atoms with Crippen molar-refractivity contribution in [1.29, 1.82) is 0 Å². The lowest BCUT2D eigenvalue weighted by Gasteiger charge is -2.38. The number of esters is 1. The van der Waals surface area contributed by atoms with E-state index in [1.165, 1.54) is 0 Å². The Bertz CT molecular complexity index is 754. The number of carboxylic acids is 1. The Morgan fingerprint density at radius 3 is 2.61 bits per heavy atom. The number of nitrogens with zero attached hydrogens (tertiary/aromatic N) is 1. The van der Waals surface area contributed by atoms with Crippen LogP contribution in [0.15, 0.2) is 30.3 Å². The lowest BCUT2D eigenvalue weighted by molar-refractivity contribution is -0.149. The maximum Gasteiger partial charge on any atom is 0.323 e. The van der Waals surface area contributed by atoms with Gasteiger partial charge in [-0.25, -0.2) is 0 Å². The molecule has 0 spiro atoms. The summed E-state index contributed by atoms with van der Waals surface area (Å²) in [4.78, 5) is 39.1. The standard InChI is InChI=1S/C24H34N2O5/c1-2-31-24(30)20(14-12-17-8-4-3-5-9-17)25-19-15-13-18-10-6-7-11-21(18)26(23(19)29)16-22(27)28/h3-5,8-9,18-21,25H,2,6-7,10-16H2,1H3,(H,27,28)/t18?,19-,20?,21?/m0/s1. The average molecular weight is 431 g/mol. The van der Waals surface area contributed by atoms with Crippen molar-refractivity contribution in [3.8, 4) is 0 Å². The first-order chi connectivity index (χ1) is 15.0. The van der Waals surface area contributed by atoms with E-state index in [-0.39, 0.29) is 31.1 Å². The molecule has 0 aromatic heterocycles. The SMILES string of the molecule is CCOC(=O)C(CCc1ccccc1)N[C@H]1CCC2CCCCC2N(CC(=O)O)C1=O. The van der Waals surface area contributed by atoms with E-state index < -0.39 is 18.1 Å². The van der Waals surface area contributed by atoms with Crippen LogP contribution < -0.4 is 5.32 Å². The highest BCUT2D eigenvalue weighted by molar-refractivity contribution is 5.87. The minimum atomic E-state index is -0.996. The quantitative estimate of drug-likeness (QED) is 0.585.